The van der Waals surface area contributed by atoms with Crippen molar-refractivity contribution in [2.24, 2.45) is 0 Å². The van der Waals surface area contributed by atoms with Crippen molar-refractivity contribution < 1.29 is 19.0 Å². The molecule has 1 saturated carbocycles. The Kier molecular flexibility index (Phi) is 5.01. The van der Waals surface area contributed by atoms with Crippen LogP contribution in [0.15, 0.2) is 48.7 Å². The van der Waals surface area contributed by atoms with E-state index in [0.29, 0.717) is 53.3 Å². The average Bonchev–Trinajstić information content (AvgIpc) is 3.52. The molecule has 1 amide bonds. The molecule has 1 aliphatic heterocycles. The van der Waals surface area contributed by atoms with Crippen LogP contribution in [0, 0.1) is 6.92 Å². The van der Waals surface area contributed by atoms with Gasteiger partial charge in [0.1, 0.15) is 12.4 Å². The van der Waals surface area contributed by atoms with Gasteiger partial charge in [-0.1, -0.05) is 6.07 Å². The predicted molar refractivity (Wildman–Crippen MR) is 124 cm³/mol. The van der Waals surface area contributed by atoms with Gasteiger partial charge in [0.05, 0.1) is 23.2 Å². The number of fused-ring (bicyclic) bond motifs is 2. The Labute approximate surface area is 195 Å². The molecule has 4 aromatic rings. The van der Waals surface area contributed by atoms with Gasteiger partial charge in [-0.2, -0.15) is 9.78 Å². The minimum absolute atomic E-state index is 0.174. The molecule has 0 bridgehead atoms. The maximum absolute atomic E-state index is 13.2. The van der Waals surface area contributed by atoms with Crippen molar-refractivity contribution in [1.82, 2.24) is 25.1 Å². The number of hydrogen-bond acceptors (Lipinski definition) is 7. The van der Waals surface area contributed by atoms with Crippen LogP contribution in [0.3, 0.4) is 0 Å². The van der Waals surface area contributed by atoms with E-state index in [0.717, 1.165) is 29.6 Å². The number of hydrogen-bond donors (Lipinski definition) is 1. The van der Waals surface area contributed by atoms with E-state index in [1.165, 1.54) is 0 Å². The van der Waals surface area contributed by atoms with E-state index in [1.807, 2.05) is 43.3 Å². The zero-order valence-corrected chi connectivity index (χ0v) is 18.7. The number of carbonyl (C=O) groups is 1. The Morgan fingerprint density at radius 3 is 2.88 bits per heavy atom. The summed E-state index contributed by atoms with van der Waals surface area (Å²) >= 11 is 0. The molecule has 0 radical (unpaired) electrons. The third-order valence-corrected chi connectivity index (χ3v) is 5.94. The molecule has 1 fully saturated rings. The standard InChI is InChI=1S/C25H23N5O4/c1-15-23-18(25(31)27-10-11-32-17-7-8-20-21(12-17)34-14-33-20)13-19(16-5-6-16)28-24(23)30(29-15)22-4-2-3-9-26-22/h2-4,7-9,12-13,16H,5-6,10-11,14H2,1H3,(H,27,31). The van der Waals surface area contributed by atoms with Gasteiger partial charge in [0.2, 0.25) is 6.79 Å². The van der Waals surface area contributed by atoms with Gasteiger partial charge in [0.25, 0.3) is 5.91 Å². The first kappa shape index (κ1) is 20.5. The Morgan fingerprint density at radius 1 is 1.18 bits per heavy atom. The van der Waals surface area contributed by atoms with E-state index < -0.39 is 0 Å². The highest BCUT2D eigenvalue weighted by atomic mass is 16.7. The lowest BCUT2D eigenvalue weighted by molar-refractivity contribution is 0.0948. The highest BCUT2D eigenvalue weighted by Crippen LogP contribution is 2.40. The summed E-state index contributed by atoms with van der Waals surface area (Å²) in [5, 5.41) is 8.37. The second-order valence-corrected chi connectivity index (χ2v) is 8.37. The fourth-order valence-corrected chi connectivity index (χ4v) is 4.11. The predicted octanol–water partition coefficient (Wildman–Crippen LogP) is 3.54. The lowest BCUT2D eigenvalue weighted by Crippen LogP contribution is -2.28. The fraction of sp³-hybridized carbons (Fsp3) is 0.280. The van der Waals surface area contributed by atoms with Crippen LogP contribution in [0.1, 0.15) is 40.5 Å². The van der Waals surface area contributed by atoms with Crippen LogP contribution < -0.4 is 19.5 Å². The molecular weight excluding hydrogens is 434 g/mol. The third kappa shape index (κ3) is 3.79. The maximum Gasteiger partial charge on any atom is 0.252 e. The lowest BCUT2D eigenvalue weighted by atomic mass is 10.1. The fourth-order valence-electron chi connectivity index (χ4n) is 4.11. The summed E-state index contributed by atoms with van der Waals surface area (Å²) in [6.45, 7) is 2.78. The van der Waals surface area contributed by atoms with Crippen LogP contribution in [-0.2, 0) is 0 Å². The molecule has 1 aromatic carbocycles. The van der Waals surface area contributed by atoms with E-state index in [-0.39, 0.29) is 12.7 Å². The van der Waals surface area contributed by atoms with Gasteiger partial charge in [0, 0.05) is 23.9 Å². The molecule has 34 heavy (non-hydrogen) atoms. The van der Waals surface area contributed by atoms with Crippen LogP contribution in [0.5, 0.6) is 17.2 Å². The Bertz CT molecular complexity index is 1380. The summed E-state index contributed by atoms with van der Waals surface area (Å²) in [6.07, 6.45) is 3.88. The van der Waals surface area contributed by atoms with E-state index in [9.17, 15) is 4.79 Å². The Balaban J connectivity index is 1.23. The van der Waals surface area contributed by atoms with E-state index in [4.69, 9.17) is 19.2 Å². The molecular formula is C25H23N5O4. The van der Waals surface area contributed by atoms with Gasteiger partial charge in [0.15, 0.2) is 23.0 Å². The number of carbonyl (C=O) groups excluding carboxylic acids is 1. The van der Waals surface area contributed by atoms with Crippen LogP contribution in [0.4, 0.5) is 0 Å². The molecule has 0 saturated heterocycles. The topological polar surface area (TPSA) is 100 Å². The molecule has 172 valence electrons. The van der Waals surface area contributed by atoms with Gasteiger partial charge in [-0.05, 0) is 50.1 Å². The molecule has 1 aliphatic carbocycles. The maximum atomic E-state index is 13.2. The highest BCUT2D eigenvalue weighted by Gasteiger charge is 2.29. The molecule has 3 aromatic heterocycles. The van der Waals surface area contributed by atoms with E-state index >= 15 is 0 Å². The molecule has 0 unspecified atom stereocenters. The minimum Gasteiger partial charge on any atom is -0.492 e. The van der Waals surface area contributed by atoms with E-state index in [1.54, 1.807) is 16.9 Å². The summed E-state index contributed by atoms with van der Waals surface area (Å²) in [5.74, 6) is 2.91. The molecule has 1 N–H and O–H groups in total. The van der Waals surface area contributed by atoms with Gasteiger partial charge < -0.3 is 19.5 Å². The molecule has 2 aliphatic rings. The number of rotatable bonds is 7. The quantitative estimate of drug-likeness (QED) is 0.424. The Morgan fingerprint density at radius 2 is 2.06 bits per heavy atom. The SMILES string of the molecule is Cc1nn(-c2ccccn2)c2nc(C3CC3)cc(C(=O)NCCOc3ccc4c(c3)OCO4)c12. The molecule has 9 nitrogen and oxygen atoms in total. The van der Waals surface area contributed by atoms with Gasteiger partial charge in [-0.25, -0.2) is 9.97 Å². The normalized spacial score (nSPS) is 14.4. The first-order chi connectivity index (χ1) is 16.7. The number of aryl methyl sites for hydroxylation is 1. The molecule has 0 spiro atoms. The van der Waals surface area contributed by atoms with E-state index in [2.05, 4.69) is 15.4 Å². The van der Waals surface area contributed by atoms with Gasteiger partial charge >= 0.3 is 0 Å². The largest absolute Gasteiger partial charge is 0.492 e. The number of aromatic nitrogens is 4. The van der Waals surface area contributed by atoms with Crippen molar-refractivity contribution >= 4 is 16.9 Å². The van der Waals surface area contributed by atoms with Crippen molar-refractivity contribution in [3.63, 3.8) is 0 Å². The summed E-state index contributed by atoms with van der Waals surface area (Å²) < 4.78 is 18.2. The third-order valence-electron chi connectivity index (χ3n) is 5.94. The number of pyridine rings is 2. The molecule has 9 heteroatoms. The van der Waals surface area contributed by atoms with Crippen LogP contribution in [0.2, 0.25) is 0 Å². The zero-order chi connectivity index (χ0) is 23.1. The summed E-state index contributed by atoms with van der Waals surface area (Å²) in [7, 11) is 0. The second kappa shape index (κ2) is 8.33. The smallest absolute Gasteiger partial charge is 0.252 e. The average molecular weight is 457 g/mol. The number of amides is 1. The molecule has 0 atom stereocenters. The van der Waals surface area contributed by atoms with Crippen LogP contribution >= 0.6 is 0 Å². The van der Waals surface area contributed by atoms with Crippen molar-refractivity contribution in [3.05, 3.63) is 65.6 Å². The first-order valence-corrected chi connectivity index (χ1v) is 11.3. The zero-order valence-electron chi connectivity index (χ0n) is 18.7. The molecule has 6 rings (SSSR count). The number of nitrogens with zero attached hydrogens (tertiary/aromatic N) is 4. The summed E-state index contributed by atoms with van der Waals surface area (Å²) in [5.41, 5.74) is 2.89. The molecule has 4 heterocycles. The van der Waals surface area contributed by atoms with Crippen LogP contribution in [-0.4, -0.2) is 45.6 Å². The minimum atomic E-state index is -0.174. The monoisotopic (exact) mass is 457 g/mol. The van der Waals surface area contributed by atoms with Crippen molar-refractivity contribution in [2.45, 2.75) is 25.7 Å². The summed E-state index contributed by atoms with van der Waals surface area (Å²) in [6, 6.07) is 13.0. The number of ether oxygens (including phenoxy) is 3. The Hall–Kier alpha value is -4.14. The van der Waals surface area contributed by atoms with Crippen LogP contribution in [0.25, 0.3) is 16.9 Å². The highest BCUT2D eigenvalue weighted by molar-refractivity contribution is 6.06. The first-order valence-electron chi connectivity index (χ1n) is 11.3. The van der Waals surface area contributed by atoms with Crippen molar-refractivity contribution in [2.75, 3.05) is 19.9 Å². The summed E-state index contributed by atoms with van der Waals surface area (Å²) in [4.78, 5) is 22.5. The second-order valence-electron chi connectivity index (χ2n) is 8.37. The van der Waals surface area contributed by atoms with Gasteiger partial charge in [-0.3, -0.25) is 4.79 Å². The number of nitrogens with one attached hydrogen (secondary N) is 1. The van der Waals surface area contributed by atoms with Crippen molar-refractivity contribution in [1.29, 1.82) is 0 Å². The van der Waals surface area contributed by atoms with Gasteiger partial charge in [-0.15, -0.1) is 0 Å². The lowest BCUT2D eigenvalue weighted by Gasteiger charge is -2.10. The van der Waals surface area contributed by atoms with Crippen molar-refractivity contribution in [3.8, 4) is 23.1 Å². The number of benzene rings is 1.